The number of nitrogens with zero attached hydrogens (tertiary/aromatic N) is 2. The lowest BCUT2D eigenvalue weighted by atomic mass is 10.2. The van der Waals surface area contributed by atoms with Crippen LogP contribution in [0.3, 0.4) is 0 Å². The van der Waals surface area contributed by atoms with Gasteiger partial charge in [-0.25, -0.2) is 8.42 Å². The molecule has 1 aliphatic heterocycles. The molecule has 0 spiro atoms. The first kappa shape index (κ1) is 20.8. The van der Waals surface area contributed by atoms with Gasteiger partial charge >= 0.3 is 0 Å². The summed E-state index contributed by atoms with van der Waals surface area (Å²) in [5.41, 5.74) is 0. The molecule has 1 saturated heterocycles. The third-order valence-corrected chi connectivity index (χ3v) is 7.71. The number of ether oxygens (including phenoxy) is 1. The number of methoxy groups -OCH3 is 1. The second-order valence-electron chi connectivity index (χ2n) is 6.66. The first-order valence-electron chi connectivity index (χ1n) is 9.09. The van der Waals surface area contributed by atoms with Crippen LogP contribution in [0.2, 0.25) is 0 Å². The highest BCUT2D eigenvalue weighted by molar-refractivity contribution is 7.89. The summed E-state index contributed by atoms with van der Waals surface area (Å²) in [7, 11) is -1.99. The first-order valence-corrected chi connectivity index (χ1v) is 11.4. The van der Waals surface area contributed by atoms with Crippen LogP contribution in [0, 0.1) is 0 Å². The fourth-order valence-corrected chi connectivity index (χ4v) is 5.28. The Balaban J connectivity index is 1.51. The molecule has 0 unspecified atom stereocenters. The van der Waals surface area contributed by atoms with E-state index < -0.39 is 10.0 Å². The van der Waals surface area contributed by atoms with E-state index in [4.69, 9.17) is 4.74 Å². The smallest absolute Gasteiger partial charge is 0.243 e. The quantitative estimate of drug-likeness (QED) is 0.736. The maximum atomic E-state index is 12.8. The lowest BCUT2D eigenvalue weighted by molar-refractivity contribution is -0.123. The Kier molecular flexibility index (Phi) is 6.71. The summed E-state index contributed by atoms with van der Waals surface area (Å²) < 4.78 is 32.1. The summed E-state index contributed by atoms with van der Waals surface area (Å²) in [5, 5.41) is 4.98. The van der Waals surface area contributed by atoms with E-state index in [0.29, 0.717) is 31.9 Å². The molecule has 1 aromatic heterocycles. The molecule has 1 aliphatic rings. The average Bonchev–Trinajstić information content (AvgIpc) is 3.23. The molecule has 0 bridgehead atoms. The van der Waals surface area contributed by atoms with E-state index in [1.165, 1.54) is 4.31 Å². The summed E-state index contributed by atoms with van der Waals surface area (Å²) in [5.74, 6) is 0.568. The summed E-state index contributed by atoms with van der Waals surface area (Å²) >= 11 is 1.61. The molecule has 2 heterocycles. The number of nitrogens with one attached hydrogen (secondary N) is 1. The van der Waals surface area contributed by atoms with Gasteiger partial charge in [-0.3, -0.25) is 9.69 Å². The molecule has 3 rings (SSSR count). The molecule has 1 amide bonds. The monoisotopic (exact) mass is 423 g/mol. The maximum absolute atomic E-state index is 12.8. The normalized spacial score (nSPS) is 17.2. The van der Waals surface area contributed by atoms with Crippen LogP contribution in [0.4, 0.5) is 0 Å². The second-order valence-corrected chi connectivity index (χ2v) is 9.58. The molecule has 0 aliphatic carbocycles. The van der Waals surface area contributed by atoms with Gasteiger partial charge in [0, 0.05) is 31.1 Å². The van der Waals surface area contributed by atoms with Crippen molar-refractivity contribution in [2.24, 2.45) is 0 Å². The molecule has 28 heavy (non-hydrogen) atoms. The van der Waals surface area contributed by atoms with E-state index in [2.05, 4.69) is 5.32 Å². The Hall–Kier alpha value is -1.94. The minimum atomic E-state index is -3.54. The van der Waals surface area contributed by atoms with Crippen molar-refractivity contribution in [3.63, 3.8) is 0 Å². The number of piperazine rings is 1. The predicted octanol–water partition coefficient (Wildman–Crippen LogP) is 1.94. The molecule has 1 fully saturated rings. The Morgan fingerprint density at radius 1 is 1.18 bits per heavy atom. The first-order chi connectivity index (χ1) is 13.4. The largest absolute Gasteiger partial charge is 0.497 e. The standard InChI is InChI=1S/C19H25N3O4S2/c1-15(18-4-3-13-27-18)20-19(23)14-21-9-11-22(12-10-21)28(24,25)17-7-5-16(26-2)6-8-17/h3-8,13,15H,9-12,14H2,1-2H3,(H,20,23)/t15-/m0/s1. The van der Waals surface area contributed by atoms with Gasteiger partial charge in [-0.15, -0.1) is 11.3 Å². The number of sulfonamides is 1. The fourth-order valence-electron chi connectivity index (χ4n) is 3.12. The number of carbonyl (C=O) groups excluding carboxylic acids is 1. The average molecular weight is 424 g/mol. The van der Waals surface area contributed by atoms with E-state index >= 15 is 0 Å². The van der Waals surface area contributed by atoms with Crippen molar-refractivity contribution in [2.75, 3.05) is 39.8 Å². The molecule has 2 aromatic rings. The van der Waals surface area contributed by atoms with Crippen molar-refractivity contribution in [3.8, 4) is 5.75 Å². The molecule has 0 saturated carbocycles. The van der Waals surface area contributed by atoms with Gasteiger partial charge in [0.15, 0.2) is 0 Å². The lowest BCUT2D eigenvalue weighted by Crippen LogP contribution is -2.51. The van der Waals surface area contributed by atoms with Crippen LogP contribution < -0.4 is 10.1 Å². The van der Waals surface area contributed by atoms with Crippen LogP contribution in [-0.2, 0) is 14.8 Å². The van der Waals surface area contributed by atoms with Gasteiger partial charge in [0.25, 0.3) is 0 Å². The summed E-state index contributed by atoms with van der Waals surface area (Å²) in [6, 6.07) is 10.3. The molecular formula is C19H25N3O4S2. The van der Waals surface area contributed by atoms with Gasteiger partial charge in [-0.2, -0.15) is 4.31 Å². The lowest BCUT2D eigenvalue weighted by Gasteiger charge is -2.33. The van der Waals surface area contributed by atoms with Crippen LogP contribution in [0.15, 0.2) is 46.7 Å². The van der Waals surface area contributed by atoms with E-state index in [1.807, 2.05) is 29.3 Å². The minimum Gasteiger partial charge on any atom is -0.497 e. The molecule has 1 aromatic carbocycles. The van der Waals surface area contributed by atoms with Gasteiger partial charge in [0.2, 0.25) is 15.9 Å². The Bertz CT molecular complexity index is 874. The number of carbonyl (C=O) groups is 1. The van der Waals surface area contributed by atoms with Crippen molar-refractivity contribution in [3.05, 3.63) is 46.7 Å². The minimum absolute atomic E-state index is 0.0239. The summed E-state index contributed by atoms with van der Waals surface area (Å²) in [6.07, 6.45) is 0. The Labute approximate surface area is 170 Å². The number of thiophene rings is 1. The van der Waals surface area contributed by atoms with Crippen LogP contribution in [0.5, 0.6) is 5.75 Å². The van der Waals surface area contributed by atoms with Crippen molar-refractivity contribution in [1.29, 1.82) is 0 Å². The van der Waals surface area contributed by atoms with E-state index in [1.54, 1.807) is 42.7 Å². The SMILES string of the molecule is COc1ccc(S(=O)(=O)N2CCN(CC(=O)N[C@@H](C)c3cccs3)CC2)cc1. The highest BCUT2D eigenvalue weighted by Gasteiger charge is 2.29. The zero-order chi connectivity index (χ0) is 20.1. The number of hydrogen-bond donors (Lipinski definition) is 1. The van der Waals surface area contributed by atoms with Gasteiger partial charge in [0.05, 0.1) is 24.6 Å². The van der Waals surface area contributed by atoms with Crippen molar-refractivity contribution >= 4 is 27.3 Å². The fraction of sp³-hybridized carbons (Fsp3) is 0.421. The number of amides is 1. The van der Waals surface area contributed by atoms with Crippen LogP contribution in [0.25, 0.3) is 0 Å². The molecule has 9 heteroatoms. The zero-order valence-corrected chi connectivity index (χ0v) is 17.6. The van der Waals surface area contributed by atoms with Crippen LogP contribution >= 0.6 is 11.3 Å². The van der Waals surface area contributed by atoms with Crippen molar-refractivity contribution < 1.29 is 17.9 Å². The predicted molar refractivity (Wildman–Crippen MR) is 109 cm³/mol. The topological polar surface area (TPSA) is 79.0 Å². The van der Waals surface area contributed by atoms with Crippen molar-refractivity contribution in [2.45, 2.75) is 17.9 Å². The maximum Gasteiger partial charge on any atom is 0.243 e. The van der Waals surface area contributed by atoms with Crippen LogP contribution in [-0.4, -0.2) is 63.4 Å². The number of benzene rings is 1. The molecule has 1 atom stereocenters. The molecule has 1 N–H and O–H groups in total. The van der Waals surface area contributed by atoms with Crippen LogP contribution in [0.1, 0.15) is 17.8 Å². The summed E-state index contributed by atoms with van der Waals surface area (Å²) in [4.78, 5) is 15.6. The Morgan fingerprint density at radius 2 is 1.86 bits per heavy atom. The van der Waals surface area contributed by atoms with Gasteiger partial charge < -0.3 is 10.1 Å². The number of rotatable bonds is 7. The van der Waals surface area contributed by atoms with E-state index in [9.17, 15) is 13.2 Å². The molecule has 152 valence electrons. The third-order valence-electron chi connectivity index (χ3n) is 4.74. The number of hydrogen-bond acceptors (Lipinski definition) is 6. The van der Waals surface area contributed by atoms with Gasteiger partial charge in [-0.05, 0) is 42.6 Å². The van der Waals surface area contributed by atoms with Crippen molar-refractivity contribution in [1.82, 2.24) is 14.5 Å². The third kappa shape index (κ3) is 4.91. The van der Waals surface area contributed by atoms with E-state index in [0.717, 1.165) is 4.88 Å². The molecular weight excluding hydrogens is 398 g/mol. The second kappa shape index (κ2) is 9.04. The highest BCUT2D eigenvalue weighted by Crippen LogP contribution is 2.21. The van der Waals surface area contributed by atoms with E-state index in [-0.39, 0.29) is 23.4 Å². The van der Waals surface area contributed by atoms with Gasteiger partial charge in [-0.1, -0.05) is 6.07 Å². The Morgan fingerprint density at radius 3 is 2.43 bits per heavy atom. The molecule has 0 radical (unpaired) electrons. The zero-order valence-electron chi connectivity index (χ0n) is 16.0. The van der Waals surface area contributed by atoms with Gasteiger partial charge in [0.1, 0.15) is 5.75 Å². The summed E-state index contributed by atoms with van der Waals surface area (Å²) in [6.45, 7) is 4.01. The highest BCUT2D eigenvalue weighted by atomic mass is 32.2. The molecule has 7 nitrogen and oxygen atoms in total.